The van der Waals surface area contributed by atoms with Crippen LogP contribution < -0.4 is 4.90 Å². The van der Waals surface area contributed by atoms with Gasteiger partial charge in [-0.3, -0.25) is 0 Å². The number of hydrogen-bond donors (Lipinski definition) is 0. The molecule has 0 saturated carbocycles. The molecule has 68 heavy (non-hydrogen) atoms. The number of benzene rings is 11. The van der Waals surface area contributed by atoms with Crippen LogP contribution in [0.5, 0.6) is 0 Å². The van der Waals surface area contributed by atoms with Gasteiger partial charge in [-0.05, 0) is 114 Å². The summed E-state index contributed by atoms with van der Waals surface area (Å²) in [6, 6.07) is 99.2. The van der Waals surface area contributed by atoms with E-state index < -0.39 is 5.41 Å². The fourth-order valence-electron chi connectivity index (χ4n) is 12.1. The third kappa shape index (κ3) is 5.82. The Morgan fingerprint density at radius 1 is 0.309 bits per heavy atom. The van der Waals surface area contributed by atoms with Crippen LogP contribution >= 0.6 is 0 Å². The van der Waals surface area contributed by atoms with Gasteiger partial charge < -0.3 is 4.90 Å². The van der Waals surface area contributed by atoms with Crippen LogP contribution in [-0.4, -0.2) is 0 Å². The van der Waals surface area contributed by atoms with Gasteiger partial charge in [-0.25, -0.2) is 0 Å². The second kappa shape index (κ2) is 15.8. The van der Waals surface area contributed by atoms with Crippen LogP contribution in [0.25, 0.3) is 55.3 Å². The lowest BCUT2D eigenvalue weighted by Crippen LogP contribution is -2.28. The van der Waals surface area contributed by atoms with Crippen molar-refractivity contribution < 1.29 is 0 Å². The van der Waals surface area contributed by atoms with E-state index in [2.05, 4.69) is 279 Å². The Morgan fingerprint density at radius 2 is 0.779 bits per heavy atom. The van der Waals surface area contributed by atoms with Gasteiger partial charge in [-0.15, -0.1) is 0 Å². The SMILES string of the molecule is CC1(c2ccccc2)c2ccccc2-c2c(N(c3cccc(C4(c5ccccc5)c5ccccc5-c5ccccc54)c3)c3ccccc3-c3cccc4cccc(-c5ccccc5)c34)cccc21. The van der Waals surface area contributed by atoms with Crippen molar-refractivity contribution in [3.63, 3.8) is 0 Å². The molecule has 1 atom stereocenters. The van der Waals surface area contributed by atoms with Gasteiger partial charge in [0.1, 0.15) is 0 Å². The summed E-state index contributed by atoms with van der Waals surface area (Å²) in [6.45, 7) is 2.41. The Balaban J connectivity index is 1.12. The molecule has 0 saturated heterocycles. The normalized spacial score (nSPS) is 15.0. The predicted octanol–water partition coefficient (Wildman–Crippen LogP) is 17.3. The first-order chi connectivity index (χ1) is 33.7. The smallest absolute Gasteiger partial charge is 0.0714 e. The van der Waals surface area contributed by atoms with E-state index in [1.165, 1.54) is 88.7 Å². The van der Waals surface area contributed by atoms with Gasteiger partial charge >= 0.3 is 0 Å². The zero-order valence-corrected chi connectivity index (χ0v) is 37.9. The maximum absolute atomic E-state index is 2.57. The van der Waals surface area contributed by atoms with Gasteiger partial charge in [0.2, 0.25) is 0 Å². The van der Waals surface area contributed by atoms with E-state index in [4.69, 9.17) is 0 Å². The Hall–Kier alpha value is -8.52. The van der Waals surface area contributed by atoms with E-state index in [9.17, 15) is 0 Å². The fraction of sp³-hybridized carbons (Fsp3) is 0.0448. The molecular weight excluding hydrogens is 819 g/mol. The number of anilines is 3. The largest absolute Gasteiger partial charge is 0.309 e. The van der Waals surface area contributed by atoms with Crippen LogP contribution in [0.4, 0.5) is 17.1 Å². The minimum atomic E-state index is -0.563. The molecule has 0 radical (unpaired) electrons. The molecule has 11 aromatic rings. The average Bonchev–Trinajstić information content (AvgIpc) is 3.87. The lowest BCUT2D eigenvalue weighted by molar-refractivity contribution is 0.714. The van der Waals surface area contributed by atoms with Gasteiger partial charge in [0.05, 0.1) is 16.8 Å². The second-order valence-electron chi connectivity index (χ2n) is 18.4. The molecule has 0 aromatic heterocycles. The summed E-state index contributed by atoms with van der Waals surface area (Å²) in [7, 11) is 0. The first kappa shape index (κ1) is 39.8. The molecule has 0 fully saturated rings. The van der Waals surface area contributed by atoms with Gasteiger partial charge in [0.25, 0.3) is 0 Å². The summed E-state index contributed by atoms with van der Waals surface area (Å²) in [5.74, 6) is 0. The summed E-state index contributed by atoms with van der Waals surface area (Å²) in [6.07, 6.45) is 0. The van der Waals surface area contributed by atoms with Crippen LogP contribution in [0.3, 0.4) is 0 Å². The minimum absolute atomic E-state index is 0.370. The topological polar surface area (TPSA) is 3.24 Å². The highest BCUT2D eigenvalue weighted by Gasteiger charge is 2.47. The van der Waals surface area contributed by atoms with Crippen LogP contribution in [0.2, 0.25) is 0 Å². The Kier molecular flexibility index (Phi) is 9.27. The van der Waals surface area contributed by atoms with Crippen molar-refractivity contribution in [2.24, 2.45) is 0 Å². The summed E-state index contributed by atoms with van der Waals surface area (Å²) in [5.41, 5.74) is 21.2. The quantitative estimate of drug-likeness (QED) is 0.147. The maximum atomic E-state index is 2.57. The standard InChI is InChI=1S/C67H47N/c1-66(48-27-7-3-8-28-48)58-39-15-13-36-57(58)65-61(66)42-22-44-63(65)68(62-43-18-14-35-55(62)56-38-20-26-47-25-19-37-52(64(47)56)46-23-5-2-6-24-46)51-32-21-31-50(45-51)67(49-29-9-4-10-30-49)59-40-16-11-33-53(59)54-34-12-17-41-60(54)67/h2-45H,1H3. The molecule has 0 spiro atoms. The van der Waals surface area contributed by atoms with Crippen LogP contribution in [-0.2, 0) is 10.8 Å². The van der Waals surface area contributed by atoms with Gasteiger partial charge in [-0.1, -0.05) is 243 Å². The third-order valence-electron chi connectivity index (χ3n) is 15.0. The monoisotopic (exact) mass is 865 g/mol. The van der Waals surface area contributed by atoms with Crippen LogP contribution in [0.15, 0.2) is 267 Å². The molecular formula is C67H47N. The molecule has 1 unspecified atom stereocenters. The lowest BCUT2D eigenvalue weighted by Gasteiger charge is -2.36. The highest BCUT2D eigenvalue weighted by atomic mass is 15.1. The summed E-state index contributed by atoms with van der Waals surface area (Å²) >= 11 is 0. The average molecular weight is 866 g/mol. The Bertz CT molecular complexity index is 3650. The van der Waals surface area contributed by atoms with Crippen molar-refractivity contribution in [3.8, 4) is 44.5 Å². The number of fused-ring (bicyclic) bond motifs is 7. The number of nitrogens with zero attached hydrogens (tertiary/aromatic N) is 1. The molecule has 0 amide bonds. The molecule has 0 aliphatic heterocycles. The van der Waals surface area contributed by atoms with E-state index >= 15 is 0 Å². The molecule has 1 nitrogen and oxygen atoms in total. The van der Waals surface area contributed by atoms with Crippen molar-refractivity contribution in [3.05, 3.63) is 306 Å². The molecule has 11 aromatic carbocycles. The molecule has 1 heteroatoms. The molecule has 2 aliphatic carbocycles. The van der Waals surface area contributed by atoms with Crippen molar-refractivity contribution in [1.82, 2.24) is 0 Å². The van der Waals surface area contributed by atoms with Gasteiger partial charge in [-0.2, -0.15) is 0 Å². The predicted molar refractivity (Wildman–Crippen MR) is 284 cm³/mol. The number of para-hydroxylation sites is 1. The molecule has 0 bridgehead atoms. The Labute approximate surface area is 398 Å². The highest BCUT2D eigenvalue weighted by molar-refractivity contribution is 6.09. The van der Waals surface area contributed by atoms with Gasteiger partial charge in [0.15, 0.2) is 0 Å². The zero-order chi connectivity index (χ0) is 45.2. The lowest BCUT2D eigenvalue weighted by atomic mass is 9.67. The fourth-order valence-corrected chi connectivity index (χ4v) is 12.1. The third-order valence-corrected chi connectivity index (χ3v) is 15.0. The molecule has 0 N–H and O–H groups in total. The zero-order valence-electron chi connectivity index (χ0n) is 37.9. The van der Waals surface area contributed by atoms with Crippen molar-refractivity contribution >= 4 is 27.8 Å². The summed E-state index contributed by atoms with van der Waals surface area (Å²) in [5, 5.41) is 2.45. The maximum Gasteiger partial charge on any atom is 0.0714 e. The van der Waals surface area contributed by atoms with Crippen molar-refractivity contribution in [1.29, 1.82) is 0 Å². The van der Waals surface area contributed by atoms with E-state index in [1.807, 2.05) is 0 Å². The van der Waals surface area contributed by atoms with Crippen molar-refractivity contribution in [2.45, 2.75) is 17.8 Å². The van der Waals surface area contributed by atoms with Gasteiger partial charge in [0, 0.05) is 22.2 Å². The molecule has 2 aliphatic rings. The van der Waals surface area contributed by atoms with E-state index in [1.54, 1.807) is 0 Å². The first-order valence-corrected chi connectivity index (χ1v) is 23.8. The Morgan fingerprint density at radius 3 is 1.47 bits per heavy atom. The minimum Gasteiger partial charge on any atom is -0.309 e. The summed E-state index contributed by atoms with van der Waals surface area (Å²) < 4.78 is 0. The number of rotatable bonds is 8. The molecule has 13 rings (SSSR count). The molecule has 320 valence electrons. The first-order valence-electron chi connectivity index (χ1n) is 23.8. The van der Waals surface area contributed by atoms with E-state index in [0.29, 0.717) is 0 Å². The van der Waals surface area contributed by atoms with Crippen molar-refractivity contribution in [2.75, 3.05) is 4.90 Å². The second-order valence-corrected chi connectivity index (χ2v) is 18.4. The summed E-state index contributed by atoms with van der Waals surface area (Å²) in [4.78, 5) is 2.57. The van der Waals surface area contributed by atoms with Crippen LogP contribution in [0.1, 0.15) is 45.9 Å². The van der Waals surface area contributed by atoms with E-state index in [0.717, 1.165) is 22.6 Å². The number of hydrogen-bond acceptors (Lipinski definition) is 1. The molecule has 0 heterocycles. The van der Waals surface area contributed by atoms with E-state index in [-0.39, 0.29) is 5.41 Å². The highest BCUT2D eigenvalue weighted by Crippen LogP contribution is 2.59. The van der Waals surface area contributed by atoms with Crippen LogP contribution in [0, 0.1) is 0 Å².